The van der Waals surface area contributed by atoms with E-state index in [0.29, 0.717) is 6.04 Å². The Balaban J connectivity index is 1.49. The van der Waals surface area contributed by atoms with Gasteiger partial charge in [0.1, 0.15) is 0 Å². The number of carbonyl (C=O) groups excluding carboxylic acids is 1. The van der Waals surface area contributed by atoms with Crippen LogP contribution in [0.15, 0.2) is 54.6 Å². The average Bonchev–Trinajstić information content (AvgIpc) is 3.12. The summed E-state index contributed by atoms with van der Waals surface area (Å²) in [6.07, 6.45) is 0. The Hall–Kier alpha value is -2.63. The van der Waals surface area contributed by atoms with Gasteiger partial charge < -0.3 is 16.0 Å². The molecule has 1 aromatic heterocycles. The van der Waals surface area contributed by atoms with E-state index in [2.05, 4.69) is 59.3 Å². The Bertz CT molecular complexity index is 1020. The summed E-state index contributed by atoms with van der Waals surface area (Å²) in [6.45, 7) is 8.06. The molecule has 29 heavy (non-hydrogen) atoms. The van der Waals surface area contributed by atoms with Gasteiger partial charge >= 0.3 is 0 Å². The summed E-state index contributed by atoms with van der Waals surface area (Å²) in [5, 5.41) is 9.89. The molecule has 5 heteroatoms. The quantitative estimate of drug-likeness (QED) is 0.546. The van der Waals surface area contributed by atoms with Crippen LogP contribution in [0.2, 0.25) is 0 Å². The molecule has 3 aromatic rings. The number of aryl methyl sites for hydroxylation is 2. The Labute approximate surface area is 176 Å². The van der Waals surface area contributed by atoms with E-state index in [1.165, 1.54) is 15.3 Å². The molecule has 1 aliphatic heterocycles. The number of carbonyl (C=O) groups is 1. The fraction of sp³-hybridized carbons (Fsp3) is 0.292. The lowest BCUT2D eigenvalue weighted by molar-refractivity contribution is 0.0939. The van der Waals surface area contributed by atoms with Gasteiger partial charge in [0.15, 0.2) is 0 Å². The number of benzene rings is 2. The molecule has 0 bridgehead atoms. The maximum Gasteiger partial charge on any atom is 0.252 e. The minimum atomic E-state index is -0.0737. The Kier molecular flexibility index (Phi) is 5.69. The van der Waals surface area contributed by atoms with Gasteiger partial charge in [-0.25, -0.2) is 0 Å². The van der Waals surface area contributed by atoms with Crippen molar-refractivity contribution in [3.05, 3.63) is 76.2 Å². The second-order valence-corrected chi connectivity index (χ2v) is 9.05. The number of nitrogens with one attached hydrogen (secondary N) is 3. The highest BCUT2D eigenvalue weighted by Crippen LogP contribution is 2.29. The highest BCUT2D eigenvalue weighted by molar-refractivity contribution is 7.15. The molecule has 1 amide bonds. The van der Waals surface area contributed by atoms with E-state index in [1.807, 2.05) is 32.0 Å². The SMILES string of the molecule is Cc1ccc(-c2cccc(C(C)NC(=O)c3cc(NC4CNC4)ccc3C)c2)s1. The molecule has 1 atom stereocenters. The van der Waals surface area contributed by atoms with Gasteiger partial charge in [0.05, 0.1) is 12.1 Å². The highest BCUT2D eigenvalue weighted by Gasteiger charge is 2.18. The maximum absolute atomic E-state index is 13.0. The predicted molar refractivity (Wildman–Crippen MR) is 122 cm³/mol. The van der Waals surface area contributed by atoms with Gasteiger partial charge in [-0.2, -0.15) is 0 Å². The normalized spacial score (nSPS) is 14.9. The van der Waals surface area contributed by atoms with Crippen molar-refractivity contribution in [2.75, 3.05) is 18.4 Å². The summed E-state index contributed by atoms with van der Waals surface area (Å²) in [7, 11) is 0. The van der Waals surface area contributed by atoms with Crippen molar-refractivity contribution in [2.45, 2.75) is 32.9 Å². The largest absolute Gasteiger partial charge is 0.380 e. The molecular formula is C24H27N3OS. The molecule has 1 unspecified atom stereocenters. The first-order chi connectivity index (χ1) is 14.0. The van der Waals surface area contributed by atoms with E-state index in [4.69, 9.17) is 0 Å². The first-order valence-electron chi connectivity index (χ1n) is 10.0. The van der Waals surface area contributed by atoms with Crippen molar-refractivity contribution < 1.29 is 4.79 Å². The van der Waals surface area contributed by atoms with Crippen LogP contribution in [0.4, 0.5) is 5.69 Å². The predicted octanol–water partition coefficient (Wildman–Crippen LogP) is 4.91. The fourth-order valence-corrected chi connectivity index (χ4v) is 4.36. The summed E-state index contributed by atoms with van der Waals surface area (Å²) in [4.78, 5) is 15.5. The van der Waals surface area contributed by atoms with Gasteiger partial charge in [-0.15, -0.1) is 11.3 Å². The Morgan fingerprint density at radius 3 is 2.62 bits per heavy atom. The third-order valence-electron chi connectivity index (χ3n) is 5.39. The number of rotatable bonds is 6. The molecule has 0 radical (unpaired) electrons. The van der Waals surface area contributed by atoms with Crippen molar-refractivity contribution in [1.29, 1.82) is 0 Å². The van der Waals surface area contributed by atoms with Gasteiger partial charge in [-0.05, 0) is 67.8 Å². The van der Waals surface area contributed by atoms with Crippen LogP contribution in [0, 0.1) is 13.8 Å². The van der Waals surface area contributed by atoms with Crippen LogP contribution in [0.3, 0.4) is 0 Å². The number of hydrogen-bond donors (Lipinski definition) is 3. The molecule has 4 nitrogen and oxygen atoms in total. The lowest BCUT2D eigenvalue weighted by atomic mass is 10.0. The summed E-state index contributed by atoms with van der Waals surface area (Å²) in [5.41, 5.74) is 5.00. The first-order valence-corrected chi connectivity index (χ1v) is 10.9. The maximum atomic E-state index is 13.0. The molecule has 150 valence electrons. The first kappa shape index (κ1) is 19.7. The number of hydrogen-bond acceptors (Lipinski definition) is 4. The van der Waals surface area contributed by atoms with Crippen molar-refractivity contribution in [2.24, 2.45) is 0 Å². The van der Waals surface area contributed by atoms with Gasteiger partial charge in [0.25, 0.3) is 5.91 Å². The second-order valence-electron chi connectivity index (χ2n) is 7.76. The standard InChI is InChI=1S/C24H27N3OS/c1-15-7-9-20(27-21-13-25-14-21)12-22(15)24(28)26-17(3)18-5-4-6-19(11-18)23-10-8-16(2)29-23/h4-12,17,21,25,27H,13-14H2,1-3H3,(H,26,28). The van der Waals surface area contributed by atoms with Crippen LogP contribution in [-0.4, -0.2) is 25.0 Å². The van der Waals surface area contributed by atoms with E-state index in [1.54, 1.807) is 11.3 Å². The van der Waals surface area contributed by atoms with Crippen LogP contribution < -0.4 is 16.0 Å². The molecule has 4 rings (SSSR count). The van der Waals surface area contributed by atoms with Crippen molar-refractivity contribution in [3.8, 4) is 10.4 Å². The third-order valence-corrected chi connectivity index (χ3v) is 6.44. The highest BCUT2D eigenvalue weighted by atomic mass is 32.1. The average molecular weight is 406 g/mol. The lowest BCUT2D eigenvalue weighted by Crippen LogP contribution is -2.51. The van der Waals surface area contributed by atoms with Crippen LogP contribution in [0.25, 0.3) is 10.4 Å². The molecule has 3 N–H and O–H groups in total. The molecule has 2 heterocycles. The summed E-state index contributed by atoms with van der Waals surface area (Å²) >= 11 is 1.79. The summed E-state index contributed by atoms with van der Waals surface area (Å²) < 4.78 is 0. The van der Waals surface area contributed by atoms with Gasteiger partial charge in [0.2, 0.25) is 0 Å². The van der Waals surface area contributed by atoms with Crippen LogP contribution in [0.5, 0.6) is 0 Å². The minimum absolute atomic E-state index is 0.0391. The monoisotopic (exact) mass is 405 g/mol. The van der Waals surface area contributed by atoms with Gasteiger partial charge in [-0.3, -0.25) is 4.79 Å². The molecule has 0 saturated carbocycles. The molecule has 1 fully saturated rings. The molecule has 2 aromatic carbocycles. The number of thiophene rings is 1. The summed E-state index contributed by atoms with van der Waals surface area (Å²) in [5.74, 6) is -0.0391. The van der Waals surface area contributed by atoms with E-state index >= 15 is 0 Å². The van der Waals surface area contributed by atoms with Crippen molar-refractivity contribution >= 4 is 22.9 Å². The molecule has 0 aliphatic carbocycles. The second kappa shape index (κ2) is 8.39. The zero-order valence-electron chi connectivity index (χ0n) is 17.1. The van der Waals surface area contributed by atoms with Crippen molar-refractivity contribution in [3.63, 3.8) is 0 Å². The molecular weight excluding hydrogens is 378 g/mol. The molecule has 1 aliphatic rings. The summed E-state index contributed by atoms with van der Waals surface area (Å²) in [6, 6.07) is 19.1. The minimum Gasteiger partial charge on any atom is -0.380 e. The van der Waals surface area contributed by atoms with Crippen molar-refractivity contribution in [1.82, 2.24) is 10.6 Å². The topological polar surface area (TPSA) is 53.2 Å². The van der Waals surface area contributed by atoms with E-state index in [9.17, 15) is 4.79 Å². The molecule has 0 spiro atoms. The number of amides is 1. The van der Waals surface area contributed by atoms with Gasteiger partial charge in [-0.1, -0.05) is 24.3 Å². The van der Waals surface area contributed by atoms with Gasteiger partial charge in [0, 0.05) is 34.1 Å². The van der Waals surface area contributed by atoms with Crippen LogP contribution in [0.1, 0.15) is 39.3 Å². The Morgan fingerprint density at radius 1 is 1.10 bits per heavy atom. The zero-order valence-corrected chi connectivity index (χ0v) is 17.9. The van der Waals surface area contributed by atoms with E-state index in [-0.39, 0.29) is 11.9 Å². The number of anilines is 1. The van der Waals surface area contributed by atoms with E-state index in [0.717, 1.165) is 35.5 Å². The lowest BCUT2D eigenvalue weighted by Gasteiger charge is -2.29. The molecule has 1 saturated heterocycles. The van der Waals surface area contributed by atoms with E-state index < -0.39 is 0 Å². The van der Waals surface area contributed by atoms with Crippen LogP contribution in [-0.2, 0) is 0 Å². The third kappa shape index (κ3) is 4.52. The zero-order chi connectivity index (χ0) is 20.4. The smallest absolute Gasteiger partial charge is 0.252 e. The fourth-order valence-electron chi connectivity index (χ4n) is 3.49. The Morgan fingerprint density at radius 2 is 1.93 bits per heavy atom. The van der Waals surface area contributed by atoms with Crippen LogP contribution >= 0.6 is 11.3 Å².